The van der Waals surface area contributed by atoms with Crippen molar-refractivity contribution < 1.29 is 9.59 Å². The fourth-order valence-corrected chi connectivity index (χ4v) is 2.46. The van der Waals surface area contributed by atoms with E-state index in [9.17, 15) is 9.59 Å². The summed E-state index contributed by atoms with van der Waals surface area (Å²) in [5.41, 5.74) is 8.79. The standard InChI is InChI=1S/C20H25N3O2/c1-14-8-10-17(11-9-14)20(25)23-13-12-22-19(24)15(2)18(21)16-6-4-3-5-7-16/h3-11,15,18H,12-13,21H2,1-2H3,(H,22,24)(H,23,25). The summed E-state index contributed by atoms with van der Waals surface area (Å²) in [6, 6.07) is 16.5. The highest BCUT2D eigenvalue weighted by molar-refractivity contribution is 5.94. The monoisotopic (exact) mass is 339 g/mol. The molecule has 0 aliphatic rings. The highest BCUT2D eigenvalue weighted by Crippen LogP contribution is 2.18. The predicted octanol–water partition coefficient (Wildman–Crippen LogP) is 2.18. The second-order valence-corrected chi connectivity index (χ2v) is 6.14. The van der Waals surface area contributed by atoms with Gasteiger partial charge in [0.05, 0.1) is 5.92 Å². The Labute approximate surface area is 148 Å². The molecule has 0 fully saturated rings. The molecule has 0 spiro atoms. The van der Waals surface area contributed by atoms with E-state index in [1.165, 1.54) is 0 Å². The Kier molecular flexibility index (Phi) is 6.71. The van der Waals surface area contributed by atoms with Crippen molar-refractivity contribution in [1.29, 1.82) is 0 Å². The van der Waals surface area contributed by atoms with Crippen LogP contribution < -0.4 is 16.4 Å². The lowest BCUT2D eigenvalue weighted by Gasteiger charge is -2.19. The Morgan fingerprint density at radius 3 is 2.20 bits per heavy atom. The van der Waals surface area contributed by atoms with Gasteiger partial charge in [0.25, 0.3) is 5.91 Å². The van der Waals surface area contributed by atoms with Crippen LogP contribution >= 0.6 is 0 Å². The van der Waals surface area contributed by atoms with E-state index in [0.29, 0.717) is 18.7 Å². The van der Waals surface area contributed by atoms with E-state index in [1.54, 1.807) is 19.1 Å². The molecule has 0 aliphatic carbocycles. The maximum Gasteiger partial charge on any atom is 0.251 e. The van der Waals surface area contributed by atoms with Gasteiger partial charge in [-0.2, -0.15) is 0 Å². The zero-order chi connectivity index (χ0) is 18.2. The highest BCUT2D eigenvalue weighted by Gasteiger charge is 2.21. The van der Waals surface area contributed by atoms with Crippen molar-refractivity contribution in [3.8, 4) is 0 Å². The van der Waals surface area contributed by atoms with Gasteiger partial charge in [0.15, 0.2) is 0 Å². The molecule has 2 amide bonds. The summed E-state index contributed by atoms with van der Waals surface area (Å²) >= 11 is 0. The van der Waals surface area contributed by atoms with E-state index in [0.717, 1.165) is 11.1 Å². The topological polar surface area (TPSA) is 84.2 Å². The van der Waals surface area contributed by atoms with Crippen LogP contribution in [0.3, 0.4) is 0 Å². The van der Waals surface area contributed by atoms with Crippen LogP contribution in [0.4, 0.5) is 0 Å². The van der Waals surface area contributed by atoms with Gasteiger partial charge in [-0.05, 0) is 24.6 Å². The van der Waals surface area contributed by atoms with Gasteiger partial charge in [-0.25, -0.2) is 0 Å². The molecule has 0 saturated heterocycles. The van der Waals surface area contributed by atoms with Crippen LogP contribution in [0.25, 0.3) is 0 Å². The van der Waals surface area contributed by atoms with Crippen molar-refractivity contribution in [2.45, 2.75) is 19.9 Å². The van der Waals surface area contributed by atoms with Crippen molar-refractivity contribution in [2.75, 3.05) is 13.1 Å². The van der Waals surface area contributed by atoms with Gasteiger partial charge in [-0.1, -0.05) is 55.0 Å². The Hall–Kier alpha value is -2.66. The van der Waals surface area contributed by atoms with Gasteiger partial charge in [0, 0.05) is 24.7 Å². The molecule has 0 radical (unpaired) electrons. The first kappa shape index (κ1) is 18.7. The van der Waals surface area contributed by atoms with Gasteiger partial charge in [-0.3, -0.25) is 9.59 Å². The first-order valence-corrected chi connectivity index (χ1v) is 8.42. The fourth-order valence-electron chi connectivity index (χ4n) is 2.46. The van der Waals surface area contributed by atoms with Crippen molar-refractivity contribution in [1.82, 2.24) is 10.6 Å². The van der Waals surface area contributed by atoms with Crippen LogP contribution in [0.1, 0.15) is 34.5 Å². The number of aryl methyl sites for hydroxylation is 1. The first-order chi connectivity index (χ1) is 12.0. The van der Waals surface area contributed by atoms with Crippen LogP contribution in [0.15, 0.2) is 54.6 Å². The van der Waals surface area contributed by atoms with Crippen LogP contribution in [-0.2, 0) is 4.79 Å². The summed E-state index contributed by atoms with van der Waals surface area (Å²) in [6.45, 7) is 4.50. The highest BCUT2D eigenvalue weighted by atomic mass is 16.2. The summed E-state index contributed by atoms with van der Waals surface area (Å²) in [5.74, 6) is -0.626. The molecule has 5 nitrogen and oxygen atoms in total. The van der Waals surface area contributed by atoms with E-state index in [-0.39, 0.29) is 23.8 Å². The Morgan fingerprint density at radius 1 is 0.960 bits per heavy atom. The number of nitrogens with two attached hydrogens (primary N) is 1. The lowest BCUT2D eigenvalue weighted by atomic mass is 9.95. The maximum atomic E-state index is 12.2. The average Bonchev–Trinajstić information content (AvgIpc) is 2.65. The van der Waals surface area contributed by atoms with E-state index < -0.39 is 0 Å². The first-order valence-electron chi connectivity index (χ1n) is 8.42. The molecule has 2 aromatic rings. The number of rotatable bonds is 7. The van der Waals surface area contributed by atoms with Crippen LogP contribution in [0, 0.1) is 12.8 Å². The number of hydrogen-bond donors (Lipinski definition) is 3. The molecule has 0 saturated carbocycles. The van der Waals surface area contributed by atoms with Crippen LogP contribution in [-0.4, -0.2) is 24.9 Å². The van der Waals surface area contributed by atoms with Crippen molar-refractivity contribution in [3.05, 3.63) is 71.3 Å². The molecule has 2 unspecified atom stereocenters. The molecule has 2 rings (SSSR count). The van der Waals surface area contributed by atoms with Gasteiger partial charge < -0.3 is 16.4 Å². The number of carbonyl (C=O) groups is 2. The van der Waals surface area contributed by atoms with Crippen LogP contribution in [0.2, 0.25) is 0 Å². The van der Waals surface area contributed by atoms with Crippen molar-refractivity contribution >= 4 is 11.8 Å². The zero-order valence-corrected chi connectivity index (χ0v) is 14.7. The number of benzene rings is 2. The lowest BCUT2D eigenvalue weighted by molar-refractivity contribution is -0.125. The molecule has 4 N–H and O–H groups in total. The summed E-state index contributed by atoms with van der Waals surface area (Å²) < 4.78 is 0. The molecule has 0 aliphatic heterocycles. The summed E-state index contributed by atoms with van der Waals surface area (Å²) in [4.78, 5) is 24.2. The molecule has 2 atom stereocenters. The molecular weight excluding hydrogens is 314 g/mol. The minimum absolute atomic E-state index is 0.124. The Morgan fingerprint density at radius 2 is 1.56 bits per heavy atom. The summed E-state index contributed by atoms with van der Waals surface area (Å²) in [5, 5.41) is 5.60. The molecule has 2 aromatic carbocycles. The fraction of sp³-hybridized carbons (Fsp3) is 0.300. The Bertz CT molecular complexity index is 699. The molecule has 0 aromatic heterocycles. The third-order valence-corrected chi connectivity index (χ3v) is 4.16. The second kappa shape index (κ2) is 8.99. The Balaban J connectivity index is 1.74. The molecule has 0 heterocycles. The van der Waals surface area contributed by atoms with Crippen molar-refractivity contribution in [2.24, 2.45) is 11.7 Å². The quantitative estimate of drug-likeness (QED) is 0.676. The van der Waals surface area contributed by atoms with Gasteiger partial charge in [-0.15, -0.1) is 0 Å². The lowest BCUT2D eigenvalue weighted by Crippen LogP contribution is -2.39. The van der Waals surface area contributed by atoms with E-state index >= 15 is 0 Å². The number of hydrogen-bond acceptors (Lipinski definition) is 3. The smallest absolute Gasteiger partial charge is 0.251 e. The second-order valence-electron chi connectivity index (χ2n) is 6.14. The average molecular weight is 339 g/mol. The van der Waals surface area contributed by atoms with E-state index in [2.05, 4.69) is 10.6 Å². The van der Waals surface area contributed by atoms with E-state index in [1.807, 2.05) is 49.4 Å². The van der Waals surface area contributed by atoms with Gasteiger partial charge in [0.1, 0.15) is 0 Å². The zero-order valence-electron chi connectivity index (χ0n) is 14.7. The minimum Gasteiger partial charge on any atom is -0.354 e. The van der Waals surface area contributed by atoms with Gasteiger partial charge in [0.2, 0.25) is 5.91 Å². The van der Waals surface area contributed by atoms with Gasteiger partial charge >= 0.3 is 0 Å². The SMILES string of the molecule is Cc1ccc(C(=O)NCCNC(=O)C(C)C(N)c2ccccc2)cc1. The summed E-state index contributed by atoms with van der Waals surface area (Å²) in [7, 11) is 0. The predicted molar refractivity (Wildman–Crippen MR) is 99.1 cm³/mol. The number of amides is 2. The molecular formula is C20H25N3O2. The number of nitrogens with one attached hydrogen (secondary N) is 2. The molecule has 5 heteroatoms. The van der Waals surface area contributed by atoms with E-state index in [4.69, 9.17) is 5.73 Å². The normalized spacial score (nSPS) is 12.9. The summed E-state index contributed by atoms with van der Waals surface area (Å²) in [6.07, 6.45) is 0. The van der Waals surface area contributed by atoms with Crippen molar-refractivity contribution in [3.63, 3.8) is 0 Å². The minimum atomic E-state index is -0.358. The largest absolute Gasteiger partial charge is 0.354 e. The molecule has 0 bridgehead atoms. The maximum absolute atomic E-state index is 12.2. The molecule has 132 valence electrons. The van der Waals surface area contributed by atoms with Crippen LogP contribution in [0.5, 0.6) is 0 Å². The molecule has 25 heavy (non-hydrogen) atoms. The third kappa shape index (κ3) is 5.43. The third-order valence-electron chi connectivity index (χ3n) is 4.16. The number of carbonyl (C=O) groups excluding carboxylic acids is 2.